The molecule has 0 bridgehead atoms. The molecule has 0 spiro atoms. The summed E-state index contributed by atoms with van der Waals surface area (Å²) in [6.07, 6.45) is 0. The molecule has 0 aromatic heterocycles. The predicted molar refractivity (Wildman–Crippen MR) is 91.2 cm³/mol. The average Bonchev–Trinajstić information content (AvgIpc) is 2.49. The first kappa shape index (κ1) is 16.5. The fourth-order valence-electron chi connectivity index (χ4n) is 2.44. The second kappa shape index (κ2) is 7.43. The summed E-state index contributed by atoms with van der Waals surface area (Å²) >= 11 is 6.21. The average molecular weight is 318 g/mol. The number of hydrogen-bond acceptors (Lipinski definition) is 1. The maximum atomic E-state index is 12.1. The molecule has 4 heteroatoms. The lowest BCUT2D eigenvalue weighted by Gasteiger charge is -2.13. The van der Waals surface area contributed by atoms with Gasteiger partial charge in [0.15, 0.2) is 6.54 Å². The molecule has 0 saturated heterocycles. The van der Waals surface area contributed by atoms with Crippen LogP contribution in [0.1, 0.15) is 29.7 Å². The molecule has 3 N–H and O–H groups in total. The van der Waals surface area contributed by atoms with Gasteiger partial charge in [-0.05, 0) is 38.0 Å². The Morgan fingerprint density at radius 2 is 1.91 bits per heavy atom. The fourth-order valence-corrected chi connectivity index (χ4v) is 2.81. The minimum atomic E-state index is -0.0448. The zero-order valence-corrected chi connectivity index (χ0v) is 13.9. The number of hydrogen-bond donors (Lipinski definition) is 2. The number of aryl methyl sites for hydroxylation is 2. The first-order valence-electron chi connectivity index (χ1n) is 7.42. The van der Waals surface area contributed by atoms with Gasteiger partial charge in [0.25, 0.3) is 5.91 Å². The summed E-state index contributed by atoms with van der Waals surface area (Å²) in [5, 5.41) is 5.51. The number of anilines is 1. The molecule has 22 heavy (non-hydrogen) atoms. The van der Waals surface area contributed by atoms with Crippen molar-refractivity contribution in [3.05, 3.63) is 64.2 Å². The molecule has 1 atom stereocenters. The van der Waals surface area contributed by atoms with Crippen LogP contribution in [0.3, 0.4) is 0 Å². The summed E-state index contributed by atoms with van der Waals surface area (Å²) in [7, 11) is 0. The SMILES string of the molecule is Cc1cc(C)c(NC(=O)C[NH2+][C@H](C)c2ccccc2)c(Cl)c1. The van der Waals surface area contributed by atoms with Gasteiger partial charge in [-0.2, -0.15) is 0 Å². The summed E-state index contributed by atoms with van der Waals surface area (Å²) in [5.74, 6) is -0.0448. The van der Waals surface area contributed by atoms with Crippen molar-refractivity contribution in [3.63, 3.8) is 0 Å². The van der Waals surface area contributed by atoms with Crippen LogP contribution in [0.15, 0.2) is 42.5 Å². The highest BCUT2D eigenvalue weighted by molar-refractivity contribution is 6.34. The maximum Gasteiger partial charge on any atom is 0.279 e. The highest BCUT2D eigenvalue weighted by Crippen LogP contribution is 2.27. The van der Waals surface area contributed by atoms with E-state index in [1.54, 1.807) is 0 Å². The molecule has 2 aromatic rings. The Kier molecular flexibility index (Phi) is 5.58. The summed E-state index contributed by atoms with van der Waals surface area (Å²) in [6, 6.07) is 14.3. The summed E-state index contributed by atoms with van der Waals surface area (Å²) in [4.78, 5) is 12.1. The number of quaternary nitrogens is 1. The predicted octanol–water partition coefficient (Wildman–Crippen LogP) is 3.22. The van der Waals surface area contributed by atoms with Gasteiger partial charge in [0.05, 0.1) is 10.7 Å². The zero-order valence-electron chi connectivity index (χ0n) is 13.2. The highest BCUT2D eigenvalue weighted by atomic mass is 35.5. The van der Waals surface area contributed by atoms with Crippen LogP contribution in [0.25, 0.3) is 0 Å². The number of halogens is 1. The van der Waals surface area contributed by atoms with Gasteiger partial charge in [-0.15, -0.1) is 0 Å². The van der Waals surface area contributed by atoms with E-state index in [1.807, 2.05) is 49.5 Å². The molecule has 2 rings (SSSR count). The first-order chi connectivity index (χ1) is 10.5. The van der Waals surface area contributed by atoms with Crippen LogP contribution in [-0.4, -0.2) is 12.5 Å². The molecule has 0 heterocycles. The molecule has 2 aromatic carbocycles. The van der Waals surface area contributed by atoms with Crippen molar-refractivity contribution in [2.24, 2.45) is 0 Å². The van der Waals surface area contributed by atoms with Crippen molar-refractivity contribution in [1.29, 1.82) is 0 Å². The Morgan fingerprint density at radius 1 is 1.23 bits per heavy atom. The Balaban J connectivity index is 1.94. The third-order valence-electron chi connectivity index (χ3n) is 3.68. The highest BCUT2D eigenvalue weighted by Gasteiger charge is 2.13. The van der Waals surface area contributed by atoms with Gasteiger partial charge < -0.3 is 10.6 Å². The van der Waals surface area contributed by atoms with Gasteiger partial charge in [-0.3, -0.25) is 4.79 Å². The van der Waals surface area contributed by atoms with Crippen molar-refractivity contribution in [2.45, 2.75) is 26.8 Å². The molecule has 1 amide bonds. The number of benzene rings is 2. The molecule has 0 saturated carbocycles. The van der Waals surface area contributed by atoms with E-state index in [-0.39, 0.29) is 11.9 Å². The first-order valence-corrected chi connectivity index (χ1v) is 7.80. The van der Waals surface area contributed by atoms with Crippen LogP contribution in [0, 0.1) is 13.8 Å². The van der Waals surface area contributed by atoms with E-state index in [0.29, 0.717) is 17.3 Å². The molecule has 0 radical (unpaired) electrons. The molecule has 3 nitrogen and oxygen atoms in total. The fraction of sp³-hybridized carbons (Fsp3) is 0.278. The lowest BCUT2D eigenvalue weighted by Crippen LogP contribution is -2.86. The van der Waals surface area contributed by atoms with Crippen molar-refractivity contribution >= 4 is 23.2 Å². The quantitative estimate of drug-likeness (QED) is 0.874. The van der Waals surface area contributed by atoms with E-state index in [4.69, 9.17) is 11.6 Å². The van der Waals surface area contributed by atoms with E-state index in [0.717, 1.165) is 11.1 Å². The van der Waals surface area contributed by atoms with Crippen LogP contribution in [0.4, 0.5) is 5.69 Å². The van der Waals surface area contributed by atoms with Crippen molar-refractivity contribution in [1.82, 2.24) is 0 Å². The Hall–Kier alpha value is -1.84. The summed E-state index contributed by atoms with van der Waals surface area (Å²) in [5.41, 5.74) is 3.98. The van der Waals surface area contributed by atoms with Crippen molar-refractivity contribution in [2.75, 3.05) is 11.9 Å². The normalized spacial score (nSPS) is 12.0. The van der Waals surface area contributed by atoms with E-state index < -0.39 is 0 Å². The van der Waals surface area contributed by atoms with Crippen LogP contribution < -0.4 is 10.6 Å². The van der Waals surface area contributed by atoms with Gasteiger partial charge >= 0.3 is 0 Å². The molecule has 0 aliphatic carbocycles. The Bertz CT molecular complexity index is 632. The minimum absolute atomic E-state index is 0.0448. The third kappa shape index (κ3) is 4.33. The minimum Gasteiger partial charge on any atom is -0.333 e. The molecular weight excluding hydrogens is 296 g/mol. The Labute approximate surface area is 136 Å². The second-order valence-electron chi connectivity index (χ2n) is 5.63. The monoisotopic (exact) mass is 317 g/mol. The standard InChI is InChI=1S/C18H21ClN2O/c1-12-9-13(2)18(16(19)10-12)21-17(22)11-20-14(3)15-7-5-4-6-8-15/h4-10,14,20H,11H2,1-3H3,(H,21,22)/p+1/t14-/m1/s1. The number of carbonyl (C=O) groups is 1. The summed E-state index contributed by atoms with van der Waals surface area (Å²) < 4.78 is 0. The van der Waals surface area contributed by atoms with E-state index in [1.165, 1.54) is 5.56 Å². The second-order valence-corrected chi connectivity index (χ2v) is 6.03. The van der Waals surface area contributed by atoms with E-state index >= 15 is 0 Å². The van der Waals surface area contributed by atoms with Crippen LogP contribution in [-0.2, 0) is 4.79 Å². The lowest BCUT2D eigenvalue weighted by molar-refractivity contribution is -0.682. The van der Waals surface area contributed by atoms with Gasteiger partial charge in [0, 0.05) is 5.56 Å². The van der Waals surface area contributed by atoms with Gasteiger partial charge in [-0.25, -0.2) is 0 Å². The zero-order chi connectivity index (χ0) is 16.1. The van der Waals surface area contributed by atoms with Gasteiger partial charge in [-0.1, -0.05) is 48.0 Å². The third-order valence-corrected chi connectivity index (χ3v) is 3.98. The number of carbonyl (C=O) groups excluding carboxylic acids is 1. The van der Waals surface area contributed by atoms with E-state index in [9.17, 15) is 4.79 Å². The van der Waals surface area contributed by atoms with E-state index in [2.05, 4.69) is 24.4 Å². The maximum absolute atomic E-state index is 12.1. The molecule has 0 fully saturated rings. The van der Waals surface area contributed by atoms with Crippen LogP contribution in [0.2, 0.25) is 5.02 Å². The molecule has 116 valence electrons. The molecule has 0 aliphatic heterocycles. The number of amides is 1. The lowest BCUT2D eigenvalue weighted by atomic mass is 10.1. The molecular formula is C18H22ClN2O+. The topological polar surface area (TPSA) is 45.7 Å². The number of nitrogens with one attached hydrogen (secondary N) is 1. The summed E-state index contributed by atoms with van der Waals surface area (Å²) in [6.45, 7) is 6.39. The number of nitrogens with two attached hydrogens (primary N) is 1. The van der Waals surface area contributed by atoms with Gasteiger partial charge in [0.1, 0.15) is 6.04 Å². The largest absolute Gasteiger partial charge is 0.333 e. The smallest absolute Gasteiger partial charge is 0.279 e. The molecule has 0 aliphatic rings. The molecule has 0 unspecified atom stereocenters. The number of rotatable bonds is 5. The van der Waals surface area contributed by atoms with Crippen LogP contribution >= 0.6 is 11.6 Å². The Morgan fingerprint density at radius 3 is 2.55 bits per heavy atom. The van der Waals surface area contributed by atoms with Crippen LogP contribution in [0.5, 0.6) is 0 Å². The van der Waals surface area contributed by atoms with Gasteiger partial charge in [0.2, 0.25) is 0 Å². The van der Waals surface area contributed by atoms with Crippen molar-refractivity contribution in [3.8, 4) is 0 Å². The van der Waals surface area contributed by atoms with Crippen molar-refractivity contribution < 1.29 is 10.1 Å².